The van der Waals surface area contributed by atoms with Crippen LogP contribution < -0.4 is 10.1 Å². The van der Waals surface area contributed by atoms with Gasteiger partial charge in [-0.15, -0.1) is 0 Å². The van der Waals surface area contributed by atoms with Crippen molar-refractivity contribution in [2.75, 3.05) is 25.6 Å². The summed E-state index contributed by atoms with van der Waals surface area (Å²) in [6.45, 7) is 1.69. The molecular weight excluding hydrogens is 411 g/mol. The third-order valence-electron chi connectivity index (χ3n) is 4.89. The van der Waals surface area contributed by atoms with Crippen molar-refractivity contribution in [3.63, 3.8) is 0 Å². The molecule has 2 aromatic carbocycles. The smallest absolute Gasteiger partial charge is 0.253 e. The van der Waals surface area contributed by atoms with Crippen LogP contribution in [0.1, 0.15) is 23.5 Å². The number of carbonyl (C=O) groups excluding carboxylic acids is 2. The van der Waals surface area contributed by atoms with E-state index < -0.39 is 5.92 Å². The molecule has 1 unspecified atom stereocenters. The molecule has 30 heavy (non-hydrogen) atoms. The minimum Gasteiger partial charge on any atom is -0.490 e. The first-order chi connectivity index (χ1) is 14.3. The largest absolute Gasteiger partial charge is 0.490 e. The second kappa shape index (κ2) is 9.28. The Hall–Kier alpha value is -2.90. The molecule has 0 aliphatic carbocycles. The molecular formula is C22H22ClFN2O4. The predicted molar refractivity (Wildman–Crippen MR) is 112 cm³/mol. The van der Waals surface area contributed by atoms with Crippen molar-refractivity contribution in [3.8, 4) is 5.75 Å². The van der Waals surface area contributed by atoms with Crippen molar-refractivity contribution in [1.82, 2.24) is 4.90 Å². The SMILES string of the molecule is Cc1cc(Cl)c(OCCO)cc1NC(=O)C1=CN(C)C(=O)CC1c1ccc(F)cc1. The molecule has 158 valence electrons. The van der Waals surface area contributed by atoms with Gasteiger partial charge in [-0.2, -0.15) is 0 Å². The number of nitrogens with zero attached hydrogens (tertiary/aromatic N) is 1. The second-order valence-corrected chi connectivity index (χ2v) is 7.43. The standard InChI is InChI=1S/C22H22ClFN2O4/c1-13-9-18(23)20(30-8-7-27)11-19(13)25-22(29)17-12-26(2)21(28)10-16(17)14-3-5-15(24)6-4-14/h3-6,9,11-12,16,27H,7-8,10H2,1-2H3,(H,25,29). The van der Waals surface area contributed by atoms with Gasteiger partial charge in [-0.05, 0) is 36.2 Å². The molecule has 2 amide bonds. The van der Waals surface area contributed by atoms with Crippen molar-refractivity contribution >= 4 is 29.1 Å². The van der Waals surface area contributed by atoms with Gasteiger partial charge in [0.05, 0.1) is 11.6 Å². The number of ether oxygens (including phenoxy) is 1. The molecule has 0 fully saturated rings. The molecule has 1 atom stereocenters. The summed E-state index contributed by atoms with van der Waals surface area (Å²) in [5.74, 6) is -1.07. The maximum absolute atomic E-state index is 13.3. The summed E-state index contributed by atoms with van der Waals surface area (Å²) in [6, 6.07) is 9.02. The van der Waals surface area contributed by atoms with Crippen LogP contribution in [0.4, 0.5) is 10.1 Å². The monoisotopic (exact) mass is 432 g/mol. The normalized spacial score (nSPS) is 16.3. The zero-order valence-electron chi connectivity index (χ0n) is 16.6. The molecule has 0 radical (unpaired) electrons. The third-order valence-corrected chi connectivity index (χ3v) is 5.19. The lowest BCUT2D eigenvalue weighted by Crippen LogP contribution is -2.33. The van der Waals surface area contributed by atoms with E-state index >= 15 is 0 Å². The number of anilines is 1. The maximum Gasteiger partial charge on any atom is 0.253 e. The lowest BCUT2D eigenvalue weighted by atomic mass is 9.85. The van der Waals surface area contributed by atoms with Gasteiger partial charge in [0.2, 0.25) is 5.91 Å². The molecule has 0 spiro atoms. The number of aryl methyl sites for hydroxylation is 1. The Morgan fingerprint density at radius 2 is 2.03 bits per heavy atom. The molecule has 1 aliphatic rings. The summed E-state index contributed by atoms with van der Waals surface area (Å²) in [5, 5.41) is 12.2. The number of hydrogen-bond donors (Lipinski definition) is 2. The van der Waals surface area contributed by atoms with Gasteiger partial charge in [-0.25, -0.2) is 4.39 Å². The Morgan fingerprint density at radius 3 is 2.70 bits per heavy atom. The lowest BCUT2D eigenvalue weighted by molar-refractivity contribution is -0.128. The number of hydrogen-bond acceptors (Lipinski definition) is 4. The first-order valence-electron chi connectivity index (χ1n) is 9.38. The van der Waals surface area contributed by atoms with E-state index in [1.165, 1.54) is 23.2 Å². The van der Waals surface area contributed by atoms with E-state index in [2.05, 4.69) is 5.32 Å². The van der Waals surface area contributed by atoms with Crippen LogP contribution in [-0.2, 0) is 9.59 Å². The van der Waals surface area contributed by atoms with Gasteiger partial charge in [-0.1, -0.05) is 23.7 Å². The number of benzene rings is 2. The van der Waals surface area contributed by atoms with Crippen LogP contribution in [0.2, 0.25) is 5.02 Å². The highest BCUT2D eigenvalue weighted by Gasteiger charge is 2.31. The Bertz CT molecular complexity index is 991. The molecule has 0 aromatic heterocycles. The molecule has 0 bridgehead atoms. The number of amides is 2. The fraction of sp³-hybridized carbons (Fsp3) is 0.273. The summed E-state index contributed by atoms with van der Waals surface area (Å²) in [7, 11) is 1.59. The minimum atomic E-state index is -0.494. The summed E-state index contributed by atoms with van der Waals surface area (Å²) in [4.78, 5) is 26.7. The van der Waals surface area contributed by atoms with Gasteiger partial charge in [0.25, 0.3) is 5.91 Å². The molecule has 2 aromatic rings. The molecule has 6 nitrogen and oxygen atoms in total. The first-order valence-corrected chi connectivity index (χ1v) is 9.76. The Labute approximate surface area is 178 Å². The second-order valence-electron chi connectivity index (χ2n) is 7.02. The van der Waals surface area contributed by atoms with E-state index in [0.717, 1.165) is 5.56 Å². The summed E-state index contributed by atoms with van der Waals surface area (Å²) >= 11 is 6.17. The number of aliphatic hydroxyl groups is 1. The van der Waals surface area contributed by atoms with Crippen LogP contribution in [-0.4, -0.2) is 42.1 Å². The average Bonchev–Trinajstić information content (AvgIpc) is 2.71. The van der Waals surface area contributed by atoms with Crippen LogP contribution in [0.25, 0.3) is 0 Å². The fourth-order valence-electron chi connectivity index (χ4n) is 3.26. The van der Waals surface area contributed by atoms with E-state index in [1.54, 1.807) is 38.2 Å². The Kier molecular flexibility index (Phi) is 6.74. The van der Waals surface area contributed by atoms with Crippen molar-refractivity contribution in [2.24, 2.45) is 0 Å². The average molecular weight is 433 g/mol. The third kappa shape index (κ3) is 4.80. The Balaban J connectivity index is 1.91. The van der Waals surface area contributed by atoms with Gasteiger partial charge in [0.15, 0.2) is 0 Å². The quantitative estimate of drug-likeness (QED) is 0.730. The van der Waals surface area contributed by atoms with Gasteiger partial charge in [-0.3, -0.25) is 9.59 Å². The molecule has 8 heteroatoms. The number of nitrogens with one attached hydrogen (secondary N) is 1. The lowest BCUT2D eigenvalue weighted by Gasteiger charge is -2.28. The highest BCUT2D eigenvalue weighted by atomic mass is 35.5. The van der Waals surface area contributed by atoms with E-state index in [9.17, 15) is 14.0 Å². The minimum absolute atomic E-state index is 0.0703. The number of halogens is 2. The van der Waals surface area contributed by atoms with Crippen LogP contribution in [0.15, 0.2) is 48.2 Å². The van der Waals surface area contributed by atoms with Crippen molar-refractivity contribution in [2.45, 2.75) is 19.3 Å². The Morgan fingerprint density at radius 1 is 1.33 bits per heavy atom. The molecule has 2 N–H and O–H groups in total. The van der Waals surface area contributed by atoms with E-state index in [1.807, 2.05) is 0 Å². The zero-order chi connectivity index (χ0) is 21.8. The van der Waals surface area contributed by atoms with Crippen LogP contribution in [0.5, 0.6) is 5.75 Å². The summed E-state index contributed by atoms with van der Waals surface area (Å²) < 4.78 is 18.7. The molecule has 1 aliphatic heterocycles. The van der Waals surface area contributed by atoms with E-state index in [0.29, 0.717) is 27.6 Å². The highest BCUT2D eigenvalue weighted by Crippen LogP contribution is 2.35. The van der Waals surface area contributed by atoms with Crippen molar-refractivity contribution in [1.29, 1.82) is 0 Å². The van der Waals surface area contributed by atoms with Gasteiger partial charge >= 0.3 is 0 Å². The maximum atomic E-state index is 13.3. The van der Waals surface area contributed by atoms with Gasteiger partial charge in [0, 0.05) is 42.9 Å². The van der Waals surface area contributed by atoms with Gasteiger partial charge in [0.1, 0.15) is 18.2 Å². The van der Waals surface area contributed by atoms with E-state index in [-0.39, 0.29) is 37.3 Å². The number of aliphatic hydroxyl groups excluding tert-OH is 1. The predicted octanol–water partition coefficient (Wildman–Crippen LogP) is 3.63. The van der Waals surface area contributed by atoms with E-state index in [4.69, 9.17) is 21.4 Å². The molecule has 3 rings (SSSR count). The molecule has 0 saturated heterocycles. The van der Waals surface area contributed by atoms with Crippen molar-refractivity contribution < 1.29 is 23.8 Å². The number of rotatable bonds is 6. The molecule has 0 saturated carbocycles. The zero-order valence-corrected chi connectivity index (χ0v) is 17.4. The number of carbonyl (C=O) groups is 2. The highest BCUT2D eigenvalue weighted by molar-refractivity contribution is 6.32. The first kappa shape index (κ1) is 21.8. The van der Waals surface area contributed by atoms with Crippen LogP contribution in [0.3, 0.4) is 0 Å². The van der Waals surface area contributed by atoms with Crippen molar-refractivity contribution in [3.05, 3.63) is 70.1 Å². The topological polar surface area (TPSA) is 78.9 Å². The van der Waals surface area contributed by atoms with Crippen LogP contribution >= 0.6 is 11.6 Å². The molecule has 1 heterocycles. The summed E-state index contributed by atoms with van der Waals surface area (Å²) in [6.07, 6.45) is 1.61. The summed E-state index contributed by atoms with van der Waals surface area (Å²) in [5.41, 5.74) is 2.29. The fourth-order valence-corrected chi connectivity index (χ4v) is 3.53. The van der Waals surface area contributed by atoms with Gasteiger partial charge < -0.3 is 20.1 Å². The van der Waals surface area contributed by atoms with Crippen LogP contribution in [0, 0.1) is 12.7 Å².